The summed E-state index contributed by atoms with van der Waals surface area (Å²) in [5, 5.41) is 6.55. The van der Waals surface area contributed by atoms with Gasteiger partial charge >= 0.3 is 0 Å². The Labute approximate surface area is 119 Å². The van der Waals surface area contributed by atoms with Crippen LogP contribution in [0.15, 0.2) is 9.72 Å². The topological polar surface area (TPSA) is 24.9 Å². The van der Waals surface area contributed by atoms with Gasteiger partial charge in [0.1, 0.15) is 4.34 Å². The Bertz CT molecular complexity index is 351. The Morgan fingerprint density at radius 3 is 2.78 bits per heavy atom. The minimum atomic E-state index is 0.671. The van der Waals surface area contributed by atoms with Crippen LogP contribution in [-0.4, -0.2) is 22.8 Å². The highest BCUT2D eigenvalue weighted by molar-refractivity contribution is 8.01. The van der Waals surface area contributed by atoms with Crippen LogP contribution in [-0.2, 0) is 0 Å². The number of hydrogen-bond acceptors (Lipinski definition) is 4. The van der Waals surface area contributed by atoms with Crippen molar-refractivity contribution in [2.45, 2.75) is 68.0 Å². The van der Waals surface area contributed by atoms with Crippen molar-refractivity contribution in [3.8, 4) is 0 Å². The largest absolute Gasteiger partial charge is 0.313 e. The molecule has 2 atom stereocenters. The van der Waals surface area contributed by atoms with E-state index in [1.54, 1.807) is 11.3 Å². The summed E-state index contributed by atoms with van der Waals surface area (Å²) in [6.07, 6.45) is 8.24. The van der Waals surface area contributed by atoms with Gasteiger partial charge in [-0.1, -0.05) is 44.4 Å². The average Bonchev–Trinajstić information content (AvgIpc) is 2.73. The number of nitrogens with one attached hydrogen (secondary N) is 1. The molecule has 18 heavy (non-hydrogen) atoms. The second kappa shape index (κ2) is 7.51. The molecule has 1 aromatic heterocycles. The molecule has 2 unspecified atom stereocenters. The highest BCUT2D eigenvalue weighted by Crippen LogP contribution is 2.34. The van der Waals surface area contributed by atoms with E-state index in [0.29, 0.717) is 11.3 Å². The summed E-state index contributed by atoms with van der Waals surface area (Å²) in [5.74, 6) is 0. The van der Waals surface area contributed by atoms with E-state index >= 15 is 0 Å². The van der Waals surface area contributed by atoms with Crippen molar-refractivity contribution in [3.63, 3.8) is 0 Å². The van der Waals surface area contributed by atoms with E-state index in [1.807, 2.05) is 11.8 Å². The molecule has 0 aliphatic heterocycles. The molecular weight excluding hydrogens is 260 g/mol. The van der Waals surface area contributed by atoms with Crippen LogP contribution in [0.3, 0.4) is 0 Å². The van der Waals surface area contributed by atoms with Crippen LogP contribution in [0.4, 0.5) is 0 Å². The van der Waals surface area contributed by atoms with Crippen LogP contribution in [0, 0.1) is 6.92 Å². The number of nitrogens with zero attached hydrogens (tertiary/aromatic N) is 1. The van der Waals surface area contributed by atoms with E-state index in [1.165, 1.54) is 42.9 Å². The molecule has 0 bridgehead atoms. The zero-order valence-electron chi connectivity index (χ0n) is 11.4. The molecule has 2 nitrogen and oxygen atoms in total. The minimum Gasteiger partial charge on any atom is -0.313 e. The normalized spacial score (nSPS) is 25.7. The second-order valence-corrected chi connectivity index (χ2v) is 7.41. The lowest BCUT2D eigenvalue weighted by molar-refractivity contribution is 0.406. The van der Waals surface area contributed by atoms with Crippen molar-refractivity contribution >= 4 is 23.1 Å². The van der Waals surface area contributed by atoms with E-state index in [-0.39, 0.29) is 0 Å². The maximum atomic E-state index is 4.61. The second-order valence-electron chi connectivity index (χ2n) is 5.07. The average molecular weight is 284 g/mol. The van der Waals surface area contributed by atoms with Crippen LogP contribution in [0.25, 0.3) is 0 Å². The maximum Gasteiger partial charge on any atom is 0.150 e. The molecule has 102 valence electrons. The predicted octanol–water partition coefficient (Wildman–Crippen LogP) is 4.24. The zero-order valence-corrected chi connectivity index (χ0v) is 13.1. The summed E-state index contributed by atoms with van der Waals surface area (Å²) in [5.41, 5.74) is 1.16. The molecule has 0 saturated heterocycles. The molecule has 1 aromatic rings. The third-order valence-electron chi connectivity index (χ3n) is 3.52. The predicted molar refractivity (Wildman–Crippen MR) is 81.7 cm³/mol. The Kier molecular flexibility index (Phi) is 5.99. The molecule has 2 rings (SSSR count). The summed E-state index contributed by atoms with van der Waals surface area (Å²) in [6.45, 7) is 5.38. The molecule has 0 radical (unpaired) electrons. The molecule has 0 aromatic carbocycles. The van der Waals surface area contributed by atoms with Gasteiger partial charge in [0.05, 0.1) is 0 Å². The lowest BCUT2D eigenvalue weighted by Gasteiger charge is -2.28. The number of aromatic nitrogens is 1. The van der Waals surface area contributed by atoms with Gasteiger partial charge in [-0.2, -0.15) is 0 Å². The van der Waals surface area contributed by atoms with E-state index in [2.05, 4.69) is 29.5 Å². The van der Waals surface area contributed by atoms with Crippen LogP contribution in [0.1, 0.15) is 51.1 Å². The van der Waals surface area contributed by atoms with E-state index in [4.69, 9.17) is 0 Å². The lowest BCUT2D eigenvalue weighted by Crippen LogP contribution is -2.38. The van der Waals surface area contributed by atoms with Gasteiger partial charge in [-0.05, 0) is 26.3 Å². The monoisotopic (exact) mass is 284 g/mol. The summed E-state index contributed by atoms with van der Waals surface area (Å²) in [4.78, 5) is 4.61. The molecule has 1 saturated carbocycles. The zero-order chi connectivity index (χ0) is 12.8. The minimum absolute atomic E-state index is 0.671. The Balaban J connectivity index is 1.99. The number of rotatable bonds is 4. The van der Waals surface area contributed by atoms with Gasteiger partial charge < -0.3 is 5.32 Å². The number of thiazole rings is 1. The third-order valence-corrected chi connectivity index (χ3v) is 6.01. The fourth-order valence-corrected chi connectivity index (χ4v) is 5.00. The van der Waals surface area contributed by atoms with Gasteiger partial charge in [-0.15, -0.1) is 11.3 Å². The summed E-state index contributed by atoms with van der Waals surface area (Å²) < 4.78 is 1.25. The van der Waals surface area contributed by atoms with Crippen molar-refractivity contribution in [1.29, 1.82) is 0 Å². The van der Waals surface area contributed by atoms with E-state index < -0.39 is 0 Å². The first kappa shape index (κ1) is 14.4. The first-order valence-electron chi connectivity index (χ1n) is 7.11. The number of aryl methyl sites for hydroxylation is 1. The van der Waals surface area contributed by atoms with Crippen LogP contribution in [0.5, 0.6) is 0 Å². The first-order chi connectivity index (χ1) is 8.79. The van der Waals surface area contributed by atoms with Crippen molar-refractivity contribution in [2.24, 2.45) is 0 Å². The maximum absolute atomic E-state index is 4.61. The van der Waals surface area contributed by atoms with Gasteiger partial charge in [0, 0.05) is 22.4 Å². The standard InChI is InChI=1S/C14H24N2S2/c1-3-15-12-8-6-4-5-7-9-13(12)18-14-16-11(2)10-17-14/h10,12-13,15H,3-9H2,1-2H3. The Morgan fingerprint density at radius 2 is 2.11 bits per heavy atom. The third kappa shape index (κ3) is 4.25. The molecule has 1 fully saturated rings. The molecular formula is C14H24N2S2. The fourth-order valence-electron chi connectivity index (χ4n) is 2.60. The summed E-state index contributed by atoms with van der Waals surface area (Å²) in [7, 11) is 0. The van der Waals surface area contributed by atoms with Gasteiger partial charge in [0.25, 0.3) is 0 Å². The van der Waals surface area contributed by atoms with Crippen LogP contribution >= 0.6 is 23.1 Å². The quantitative estimate of drug-likeness (QED) is 0.895. The smallest absolute Gasteiger partial charge is 0.150 e. The molecule has 4 heteroatoms. The summed E-state index contributed by atoms with van der Waals surface area (Å²) in [6, 6.07) is 0.671. The van der Waals surface area contributed by atoms with E-state index in [0.717, 1.165) is 12.2 Å². The van der Waals surface area contributed by atoms with Crippen LogP contribution < -0.4 is 5.32 Å². The molecule has 1 N–H and O–H groups in total. The van der Waals surface area contributed by atoms with Gasteiger partial charge in [0.15, 0.2) is 0 Å². The molecule has 1 heterocycles. The van der Waals surface area contributed by atoms with Gasteiger partial charge in [-0.25, -0.2) is 4.98 Å². The first-order valence-corrected chi connectivity index (χ1v) is 8.87. The van der Waals surface area contributed by atoms with Crippen molar-refractivity contribution < 1.29 is 0 Å². The van der Waals surface area contributed by atoms with Gasteiger partial charge in [-0.3, -0.25) is 0 Å². The Hall–Kier alpha value is -0.0600. The van der Waals surface area contributed by atoms with Crippen LogP contribution in [0.2, 0.25) is 0 Å². The van der Waals surface area contributed by atoms with Crippen molar-refractivity contribution in [3.05, 3.63) is 11.1 Å². The van der Waals surface area contributed by atoms with Crippen molar-refractivity contribution in [2.75, 3.05) is 6.54 Å². The van der Waals surface area contributed by atoms with E-state index in [9.17, 15) is 0 Å². The number of hydrogen-bond donors (Lipinski definition) is 1. The molecule has 0 spiro atoms. The van der Waals surface area contributed by atoms with Crippen molar-refractivity contribution in [1.82, 2.24) is 10.3 Å². The highest BCUT2D eigenvalue weighted by Gasteiger charge is 2.23. The molecule has 1 aliphatic carbocycles. The fraction of sp³-hybridized carbons (Fsp3) is 0.786. The Morgan fingerprint density at radius 1 is 1.33 bits per heavy atom. The number of thioether (sulfide) groups is 1. The SMILES string of the molecule is CCNC1CCCCCCC1Sc1nc(C)cs1. The summed E-state index contributed by atoms with van der Waals surface area (Å²) >= 11 is 3.80. The van der Waals surface area contributed by atoms with Gasteiger partial charge in [0.2, 0.25) is 0 Å². The lowest BCUT2D eigenvalue weighted by atomic mass is 9.96. The highest BCUT2D eigenvalue weighted by atomic mass is 32.2. The molecule has 1 aliphatic rings. The molecule has 0 amide bonds.